The van der Waals surface area contributed by atoms with Crippen molar-refractivity contribution in [1.82, 2.24) is 4.90 Å². The van der Waals surface area contributed by atoms with Crippen LogP contribution in [0.15, 0.2) is 28.7 Å². The van der Waals surface area contributed by atoms with Crippen LogP contribution in [0.25, 0.3) is 0 Å². The number of hydrogen-bond acceptors (Lipinski definition) is 2. The number of ketones is 1. The summed E-state index contributed by atoms with van der Waals surface area (Å²) < 4.78 is 0.970. The molecular formula is C13H14BrNO2. The van der Waals surface area contributed by atoms with E-state index in [9.17, 15) is 9.59 Å². The van der Waals surface area contributed by atoms with Gasteiger partial charge in [0.15, 0.2) is 5.78 Å². The fourth-order valence-corrected chi connectivity index (χ4v) is 2.43. The number of benzene rings is 1. The molecule has 90 valence electrons. The Morgan fingerprint density at radius 2 is 2.24 bits per heavy atom. The summed E-state index contributed by atoms with van der Waals surface area (Å²) in [4.78, 5) is 24.9. The van der Waals surface area contributed by atoms with Gasteiger partial charge in [0, 0.05) is 17.4 Å². The minimum atomic E-state index is 0.0381. The highest BCUT2D eigenvalue weighted by molar-refractivity contribution is 9.10. The standard InChI is InChI=1S/C13H14BrNO2/c14-11-4-1-3-10(7-11)8-13(17)15-6-2-5-12(16)9-15/h1,3-4,7H,2,5-6,8-9H2. The van der Waals surface area contributed by atoms with Crippen LogP contribution < -0.4 is 0 Å². The van der Waals surface area contributed by atoms with E-state index in [2.05, 4.69) is 15.9 Å². The number of hydrogen-bond donors (Lipinski definition) is 0. The van der Waals surface area contributed by atoms with Gasteiger partial charge < -0.3 is 4.90 Å². The average Bonchev–Trinajstić information content (AvgIpc) is 2.29. The summed E-state index contributed by atoms with van der Waals surface area (Å²) in [6.45, 7) is 0.991. The molecule has 0 bridgehead atoms. The summed E-state index contributed by atoms with van der Waals surface area (Å²) in [5.74, 6) is 0.204. The van der Waals surface area contributed by atoms with Crippen molar-refractivity contribution in [2.45, 2.75) is 19.3 Å². The Bertz CT molecular complexity index is 445. The molecule has 1 amide bonds. The average molecular weight is 296 g/mol. The van der Waals surface area contributed by atoms with Crippen LogP contribution >= 0.6 is 15.9 Å². The van der Waals surface area contributed by atoms with E-state index in [0.29, 0.717) is 19.4 Å². The smallest absolute Gasteiger partial charge is 0.227 e. The lowest BCUT2D eigenvalue weighted by Crippen LogP contribution is -2.40. The first-order valence-electron chi connectivity index (χ1n) is 5.69. The van der Waals surface area contributed by atoms with Gasteiger partial charge in [-0.1, -0.05) is 28.1 Å². The lowest BCUT2D eigenvalue weighted by atomic mass is 10.1. The molecule has 1 saturated heterocycles. The Kier molecular flexibility index (Phi) is 3.94. The van der Waals surface area contributed by atoms with Crippen molar-refractivity contribution >= 4 is 27.6 Å². The number of piperidine rings is 1. The second-order valence-corrected chi connectivity index (χ2v) is 5.18. The third kappa shape index (κ3) is 3.40. The quantitative estimate of drug-likeness (QED) is 0.839. The number of amides is 1. The molecule has 0 unspecified atom stereocenters. The molecule has 0 aliphatic carbocycles. The molecule has 0 radical (unpaired) electrons. The zero-order valence-electron chi connectivity index (χ0n) is 9.49. The fourth-order valence-electron chi connectivity index (χ4n) is 1.98. The molecule has 1 aromatic rings. The zero-order valence-corrected chi connectivity index (χ0v) is 11.1. The zero-order chi connectivity index (χ0) is 12.3. The Labute approximate surface area is 109 Å². The Hall–Kier alpha value is -1.16. The number of carbonyl (C=O) groups is 2. The maximum absolute atomic E-state index is 12.0. The number of halogens is 1. The predicted octanol–water partition coefficient (Wildman–Crippen LogP) is 2.18. The summed E-state index contributed by atoms with van der Waals surface area (Å²) in [5.41, 5.74) is 0.974. The molecule has 0 aromatic heterocycles. The van der Waals surface area contributed by atoms with E-state index in [1.807, 2.05) is 24.3 Å². The van der Waals surface area contributed by atoms with Crippen LogP contribution in [0.1, 0.15) is 18.4 Å². The molecule has 4 heteroatoms. The SMILES string of the molecule is O=C1CCCN(C(=O)Cc2cccc(Br)c2)C1. The van der Waals surface area contributed by atoms with Gasteiger partial charge in [-0.3, -0.25) is 9.59 Å². The molecule has 1 aliphatic rings. The van der Waals surface area contributed by atoms with E-state index in [0.717, 1.165) is 16.5 Å². The van der Waals surface area contributed by atoms with E-state index < -0.39 is 0 Å². The van der Waals surface area contributed by atoms with Crippen LogP contribution in [0.5, 0.6) is 0 Å². The third-order valence-electron chi connectivity index (χ3n) is 2.85. The van der Waals surface area contributed by atoms with Gasteiger partial charge in [-0.15, -0.1) is 0 Å². The van der Waals surface area contributed by atoms with Crippen molar-refractivity contribution in [1.29, 1.82) is 0 Å². The number of Topliss-reactive ketones (excluding diaryl/α,β-unsaturated/α-hetero) is 1. The van der Waals surface area contributed by atoms with Gasteiger partial charge in [-0.2, -0.15) is 0 Å². The first-order chi connectivity index (χ1) is 8.15. The largest absolute Gasteiger partial charge is 0.335 e. The maximum atomic E-state index is 12.0. The third-order valence-corrected chi connectivity index (χ3v) is 3.34. The van der Waals surface area contributed by atoms with Crippen molar-refractivity contribution in [3.05, 3.63) is 34.3 Å². The van der Waals surface area contributed by atoms with Gasteiger partial charge in [0.2, 0.25) is 5.91 Å². The molecule has 0 saturated carbocycles. The highest BCUT2D eigenvalue weighted by atomic mass is 79.9. The summed E-state index contributed by atoms with van der Waals surface area (Å²) in [6, 6.07) is 7.70. The molecule has 3 nitrogen and oxygen atoms in total. The summed E-state index contributed by atoms with van der Waals surface area (Å²) >= 11 is 3.38. The Morgan fingerprint density at radius 1 is 1.41 bits per heavy atom. The molecule has 2 rings (SSSR count). The molecule has 17 heavy (non-hydrogen) atoms. The normalized spacial score (nSPS) is 16.1. The van der Waals surface area contributed by atoms with E-state index in [1.165, 1.54) is 0 Å². The fraction of sp³-hybridized carbons (Fsp3) is 0.385. The molecule has 1 aromatic carbocycles. The predicted molar refractivity (Wildman–Crippen MR) is 68.7 cm³/mol. The van der Waals surface area contributed by atoms with Gasteiger partial charge in [-0.25, -0.2) is 0 Å². The van der Waals surface area contributed by atoms with Crippen LogP contribution in [0.2, 0.25) is 0 Å². The maximum Gasteiger partial charge on any atom is 0.227 e. The van der Waals surface area contributed by atoms with Crippen molar-refractivity contribution in [2.24, 2.45) is 0 Å². The minimum absolute atomic E-state index is 0.0381. The van der Waals surface area contributed by atoms with E-state index >= 15 is 0 Å². The first-order valence-corrected chi connectivity index (χ1v) is 6.48. The monoisotopic (exact) mass is 295 g/mol. The summed E-state index contributed by atoms with van der Waals surface area (Å²) in [5, 5.41) is 0. The van der Waals surface area contributed by atoms with E-state index in [4.69, 9.17) is 0 Å². The molecule has 0 N–H and O–H groups in total. The number of likely N-dealkylation sites (tertiary alicyclic amines) is 1. The molecule has 1 aliphatic heterocycles. The van der Waals surface area contributed by atoms with Crippen LogP contribution in [-0.2, 0) is 16.0 Å². The molecule has 0 atom stereocenters. The molecule has 1 fully saturated rings. The second-order valence-electron chi connectivity index (χ2n) is 4.26. The number of rotatable bonds is 2. The van der Waals surface area contributed by atoms with Gasteiger partial charge in [0.25, 0.3) is 0 Å². The van der Waals surface area contributed by atoms with Crippen LogP contribution in [0, 0.1) is 0 Å². The molecule has 1 heterocycles. The summed E-state index contributed by atoms with van der Waals surface area (Å²) in [7, 11) is 0. The Morgan fingerprint density at radius 3 is 2.94 bits per heavy atom. The molecule has 0 spiro atoms. The lowest BCUT2D eigenvalue weighted by molar-refractivity contribution is -0.137. The summed E-state index contributed by atoms with van der Waals surface area (Å²) in [6.07, 6.45) is 1.77. The lowest BCUT2D eigenvalue weighted by Gasteiger charge is -2.25. The minimum Gasteiger partial charge on any atom is -0.335 e. The van der Waals surface area contributed by atoms with Crippen molar-refractivity contribution in [3.63, 3.8) is 0 Å². The van der Waals surface area contributed by atoms with Crippen molar-refractivity contribution < 1.29 is 9.59 Å². The van der Waals surface area contributed by atoms with Gasteiger partial charge >= 0.3 is 0 Å². The highest BCUT2D eigenvalue weighted by Crippen LogP contribution is 2.14. The Balaban J connectivity index is 1.99. The second kappa shape index (κ2) is 5.45. The van der Waals surface area contributed by atoms with E-state index in [-0.39, 0.29) is 18.2 Å². The number of carbonyl (C=O) groups excluding carboxylic acids is 2. The van der Waals surface area contributed by atoms with Crippen LogP contribution in [0.4, 0.5) is 0 Å². The van der Waals surface area contributed by atoms with Gasteiger partial charge in [0.1, 0.15) is 0 Å². The van der Waals surface area contributed by atoms with Crippen molar-refractivity contribution in [2.75, 3.05) is 13.1 Å². The van der Waals surface area contributed by atoms with Crippen LogP contribution in [0.3, 0.4) is 0 Å². The van der Waals surface area contributed by atoms with Crippen LogP contribution in [-0.4, -0.2) is 29.7 Å². The van der Waals surface area contributed by atoms with Gasteiger partial charge in [-0.05, 0) is 24.1 Å². The number of nitrogens with zero attached hydrogens (tertiary/aromatic N) is 1. The highest BCUT2D eigenvalue weighted by Gasteiger charge is 2.21. The first kappa shape index (κ1) is 12.3. The van der Waals surface area contributed by atoms with E-state index in [1.54, 1.807) is 4.90 Å². The topological polar surface area (TPSA) is 37.4 Å². The molecular weight excluding hydrogens is 282 g/mol. The van der Waals surface area contributed by atoms with Gasteiger partial charge in [0.05, 0.1) is 13.0 Å². The van der Waals surface area contributed by atoms with Crippen molar-refractivity contribution in [3.8, 4) is 0 Å².